The summed E-state index contributed by atoms with van der Waals surface area (Å²) in [6, 6.07) is 15.4. The average Bonchev–Trinajstić information content (AvgIpc) is 2.58. The van der Waals surface area contributed by atoms with Crippen LogP contribution >= 0.6 is 0 Å². The summed E-state index contributed by atoms with van der Waals surface area (Å²) in [4.78, 5) is 23.1. The Labute approximate surface area is 133 Å². The zero-order valence-electron chi connectivity index (χ0n) is 12.4. The van der Waals surface area contributed by atoms with E-state index < -0.39 is 24.3 Å². The third kappa shape index (κ3) is 5.74. The van der Waals surface area contributed by atoms with E-state index in [4.69, 9.17) is 4.74 Å². The number of amides is 1. The molecule has 0 bridgehead atoms. The van der Waals surface area contributed by atoms with Crippen molar-refractivity contribution in [2.45, 2.75) is 6.54 Å². The lowest BCUT2D eigenvalue weighted by atomic mass is 10.2. The van der Waals surface area contributed by atoms with Gasteiger partial charge in [-0.1, -0.05) is 48.5 Å². The van der Waals surface area contributed by atoms with E-state index in [0.717, 1.165) is 5.56 Å². The molecular weight excluding hydrogens is 297 g/mol. The SMILES string of the molecule is O=C(COC(=O)/C=C/c1ccccc1)NCc1ccccc1F. The molecule has 0 atom stereocenters. The summed E-state index contributed by atoms with van der Waals surface area (Å²) in [6.07, 6.45) is 2.85. The first kappa shape index (κ1) is 16.4. The molecule has 0 aliphatic carbocycles. The highest BCUT2D eigenvalue weighted by molar-refractivity contribution is 5.89. The molecule has 2 aromatic carbocycles. The van der Waals surface area contributed by atoms with Crippen molar-refractivity contribution in [1.82, 2.24) is 5.32 Å². The van der Waals surface area contributed by atoms with Crippen LogP contribution in [0.4, 0.5) is 4.39 Å². The van der Waals surface area contributed by atoms with Crippen LogP contribution in [-0.4, -0.2) is 18.5 Å². The highest BCUT2D eigenvalue weighted by Crippen LogP contribution is 2.05. The molecule has 0 aliphatic heterocycles. The third-order valence-electron chi connectivity index (χ3n) is 2.99. The number of ether oxygens (including phenoxy) is 1. The van der Waals surface area contributed by atoms with Crippen LogP contribution in [0.2, 0.25) is 0 Å². The van der Waals surface area contributed by atoms with Crippen molar-refractivity contribution in [3.8, 4) is 0 Å². The van der Waals surface area contributed by atoms with Gasteiger partial charge in [-0.2, -0.15) is 0 Å². The molecule has 5 heteroatoms. The fourth-order valence-electron chi connectivity index (χ4n) is 1.80. The molecular formula is C18H16FNO3. The molecule has 0 fully saturated rings. The standard InChI is InChI=1S/C18H16FNO3/c19-16-9-5-4-8-15(16)12-20-17(21)13-23-18(22)11-10-14-6-2-1-3-7-14/h1-11H,12-13H2,(H,20,21)/b11-10+. The number of benzene rings is 2. The topological polar surface area (TPSA) is 55.4 Å². The fourth-order valence-corrected chi connectivity index (χ4v) is 1.80. The van der Waals surface area contributed by atoms with Crippen LogP contribution in [0, 0.1) is 5.82 Å². The Bertz CT molecular complexity index is 698. The third-order valence-corrected chi connectivity index (χ3v) is 2.99. The lowest BCUT2D eigenvalue weighted by molar-refractivity contribution is -0.143. The van der Waals surface area contributed by atoms with E-state index in [-0.39, 0.29) is 6.54 Å². The number of hydrogen-bond acceptors (Lipinski definition) is 3. The molecule has 0 saturated heterocycles. The second-order valence-corrected chi connectivity index (χ2v) is 4.72. The molecule has 118 valence electrons. The molecule has 0 aromatic heterocycles. The smallest absolute Gasteiger partial charge is 0.331 e. The van der Waals surface area contributed by atoms with Crippen molar-refractivity contribution < 1.29 is 18.7 Å². The van der Waals surface area contributed by atoms with Gasteiger partial charge in [0.1, 0.15) is 5.82 Å². The fraction of sp³-hybridized carbons (Fsp3) is 0.111. The maximum absolute atomic E-state index is 13.4. The summed E-state index contributed by atoms with van der Waals surface area (Å²) in [5.41, 5.74) is 1.23. The minimum atomic E-state index is -0.616. The van der Waals surface area contributed by atoms with E-state index in [0.29, 0.717) is 5.56 Å². The number of carbonyl (C=O) groups excluding carboxylic acids is 2. The monoisotopic (exact) mass is 313 g/mol. The Morgan fingerprint density at radius 2 is 1.74 bits per heavy atom. The van der Waals surface area contributed by atoms with Crippen LogP contribution in [0.15, 0.2) is 60.7 Å². The number of esters is 1. The average molecular weight is 313 g/mol. The number of nitrogens with one attached hydrogen (secondary N) is 1. The maximum Gasteiger partial charge on any atom is 0.331 e. The number of hydrogen-bond donors (Lipinski definition) is 1. The van der Waals surface area contributed by atoms with Gasteiger partial charge in [0, 0.05) is 18.2 Å². The van der Waals surface area contributed by atoms with Crippen molar-refractivity contribution in [3.05, 3.63) is 77.6 Å². The van der Waals surface area contributed by atoms with Crippen LogP contribution < -0.4 is 5.32 Å². The van der Waals surface area contributed by atoms with Crippen molar-refractivity contribution in [1.29, 1.82) is 0 Å². The summed E-state index contributed by atoms with van der Waals surface area (Å²) in [5, 5.41) is 2.49. The second-order valence-electron chi connectivity index (χ2n) is 4.72. The highest BCUT2D eigenvalue weighted by Gasteiger charge is 2.06. The van der Waals surface area contributed by atoms with E-state index in [1.54, 1.807) is 24.3 Å². The summed E-state index contributed by atoms with van der Waals surface area (Å²) in [5.74, 6) is -1.50. The predicted molar refractivity (Wildman–Crippen MR) is 84.7 cm³/mol. The molecule has 4 nitrogen and oxygen atoms in total. The van der Waals surface area contributed by atoms with Gasteiger partial charge in [-0.05, 0) is 17.7 Å². The Morgan fingerprint density at radius 3 is 2.48 bits per heavy atom. The van der Waals surface area contributed by atoms with Gasteiger partial charge in [0.25, 0.3) is 5.91 Å². The van der Waals surface area contributed by atoms with Crippen LogP contribution in [0.3, 0.4) is 0 Å². The second kappa shape index (κ2) is 8.48. The molecule has 0 aliphatic rings. The molecule has 1 amide bonds. The first-order chi connectivity index (χ1) is 11.1. The molecule has 23 heavy (non-hydrogen) atoms. The number of halogens is 1. The zero-order valence-corrected chi connectivity index (χ0v) is 12.4. The van der Waals surface area contributed by atoms with Crippen LogP contribution in [0.25, 0.3) is 6.08 Å². The Kier molecular flexibility index (Phi) is 6.06. The zero-order chi connectivity index (χ0) is 16.5. The van der Waals surface area contributed by atoms with Gasteiger partial charge in [-0.25, -0.2) is 9.18 Å². The van der Waals surface area contributed by atoms with E-state index in [9.17, 15) is 14.0 Å². The van der Waals surface area contributed by atoms with Crippen LogP contribution in [-0.2, 0) is 20.9 Å². The van der Waals surface area contributed by atoms with E-state index >= 15 is 0 Å². The van der Waals surface area contributed by atoms with Gasteiger partial charge >= 0.3 is 5.97 Å². The summed E-state index contributed by atoms with van der Waals surface area (Å²) < 4.78 is 18.2. The first-order valence-corrected chi connectivity index (χ1v) is 7.05. The van der Waals surface area contributed by atoms with Gasteiger partial charge in [0.05, 0.1) is 0 Å². The van der Waals surface area contributed by atoms with Crippen molar-refractivity contribution in [3.63, 3.8) is 0 Å². The lowest BCUT2D eigenvalue weighted by Gasteiger charge is -2.06. The van der Waals surface area contributed by atoms with Gasteiger partial charge < -0.3 is 10.1 Å². The highest BCUT2D eigenvalue weighted by atomic mass is 19.1. The lowest BCUT2D eigenvalue weighted by Crippen LogP contribution is -2.28. The molecule has 0 heterocycles. The van der Waals surface area contributed by atoms with E-state index in [1.807, 2.05) is 30.3 Å². The van der Waals surface area contributed by atoms with Gasteiger partial charge in [-0.15, -0.1) is 0 Å². The van der Waals surface area contributed by atoms with Crippen molar-refractivity contribution in [2.24, 2.45) is 0 Å². The molecule has 0 unspecified atom stereocenters. The molecule has 2 rings (SSSR count). The van der Waals surface area contributed by atoms with Crippen molar-refractivity contribution in [2.75, 3.05) is 6.61 Å². The number of rotatable bonds is 6. The largest absolute Gasteiger partial charge is 0.452 e. The van der Waals surface area contributed by atoms with Gasteiger partial charge in [0.15, 0.2) is 6.61 Å². The summed E-state index contributed by atoms with van der Waals surface area (Å²) >= 11 is 0. The maximum atomic E-state index is 13.4. The first-order valence-electron chi connectivity index (χ1n) is 7.05. The normalized spacial score (nSPS) is 10.5. The molecule has 0 radical (unpaired) electrons. The number of carbonyl (C=O) groups is 2. The van der Waals surface area contributed by atoms with E-state index in [2.05, 4.69) is 5.32 Å². The quantitative estimate of drug-likeness (QED) is 0.659. The Morgan fingerprint density at radius 1 is 1.04 bits per heavy atom. The summed E-state index contributed by atoms with van der Waals surface area (Å²) in [6.45, 7) is -0.366. The minimum Gasteiger partial charge on any atom is -0.452 e. The molecule has 0 saturated carbocycles. The van der Waals surface area contributed by atoms with Gasteiger partial charge in [-0.3, -0.25) is 4.79 Å². The molecule has 0 spiro atoms. The van der Waals surface area contributed by atoms with Crippen LogP contribution in [0.1, 0.15) is 11.1 Å². The Hall–Kier alpha value is -2.95. The molecule has 2 aromatic rings. The minimum absolute atomic E-state index is 0.0446. The Balaban J connectivity index is 1.73. The van der Waals surface area contributed by atoms with Crippen molar-refractivity contribution >= 4 is 18.0 Å². The summed E-state index contributed by atoms with van der Waals surface area (Å²) in [7, 11) is 0. The van der Waals surface area contributed by atoms with Crippen LogP contribution in [0.5, 0.6) is 0 Å². The van der Waals surface area contributed by atoms with E-state index in [1.165, 1.54) is 12.1 Å². The predicted octanol–water partition coefficient (Wildman–Crippen LogP) is 2.70. The molecule has 1 N–H and O–H groups in total. The van der Waals surface area contributed by atoms with Gasteiger partial charge in [0.2, 0.25) is 0 Å².